The summed E-state index contributed by atoms with van der Waals surface area (Å²) in [4.78, 5) is 2.27. The Balaban J connectivity index is 1.24. The minimum atomic E-state index is -0.0950. The lowest BCUT2D eigenvalue weighted by Crippen LogP contribution is -2.51. The molecule has 0 spiro atoms. The van der Waals surface area contributed by atoms with Gasteiger partial charge in [-0.05, 0) is 59.5 Å². The van der Waals surface area contributed by atoms with Gasteiger partial charge in [-0.1, -0.05) is 42.5 Å². The van der Waals surface area contributed by atoms with Gasteiger partial charge in [-0.15, -0.1) is 0 Å². The molecule has 2 unspecified atom stereocenters. The first-order valence-corrected chi connectivity index (χ1v) is 14.5. The van der Waals surface area contributed by atoms with E-state index in [1.807, 2.05) is 71.8 Å². The average Bonchev–Trinajstić information content (AvgIpc) is 3.22. The molecule has 9 rings (SSSR count). The average molecular weight is 528 g/mol. The van der Waals surface area contributed by atoms with Gasteiger partial charge in [-0.3, -0.25) is 0 Å². The fourth-order valence-electron chi connectivity index (χ4n) is 6.01. The van der Waals surface area contributed by atoms with Crippen LogP contribution in [0, 0.1) is 0 Å². The Bertz CT molecular complexity index is 1740. The fourth-order valence-corrected chi connectivity index (χ4v) is 8.71. The van der Waals surface area contributed by atoms with E-state index >= 15 is 0 Å². The van der Waals surface area contributed by atoms with Crippen LogP contribution in [0.1, 0.15) is 0 Å². The number of allylic oxidation sites excluding steroid dienone is 2. The number of hydrogen-bond acceptors (Lipinski definition) is 6. The molecule has 4 aromatic carbocycles. The smallest absolute Gasteiger partial charge is 0.293 e. The van der Waals surface area contributed by atoms with E-state index in [0.717, 1.165) is 61.0 Å². The highest BCUT2D eigenvalue weighted by molar-refractivity contribution is 8.28. The van der Waals surface area contributed by atoms with Crippen molar-refractivity contribution < 1.29 is 18.9 Å². The highest BCUT2D eigenvalue weighted by atomic mass is 32.2. The van der Waals surface area contributed by atoms with Gasteiger partial charge in [0.05, 0.1) is 5.82 Å². The maximum absolute atomic E-state index is 6.64. The molecule has 2 atom stereocenters. The zero-order valence-electron chi connectivity index (χ0n) is 20.0. The normalized spacial score (nSPS) is 20.7. The number of ether oxygens (including phenoxy) is 4. The SMILES string of the molecule is C1=CC2Oc3cc4c(cc3B3Sc5ccccc5OC(=C1)C32)B1Sc2ccccc2Oc2cccc(c21)O4. The van der Waals surface area contributed by atoms with Crippen molar-refractivity contribution >= 4 is 51.6 Å². The minimum absolute atomic E-state index is 0.0391. The Hall–Kier alpha value is -3.61. The summed E-state index contributed by atoms with van der Waals surface area (Å²) >= 11 is 3.68. The summed E-state index contributed by atoms with van der Waals surface area (Å²) in [6, 6.07) is 27.0. The van der Waals surface area contributed by atoms with Gasteiger partial charge in [0.1, 0.15) is 46.4 Å². The van der Waals surface area contributed by atoms with Gasteiger partial charge in [0, 0.05) is 21.3 Å². The Kier molecular flexibility index (Phi) is 4.46. The van der Waals surface area contributed by atoms with Crippen LogP contribution in [-0.2, 0) is 0 Å². The Morgan fingerprint density at radius 2 is 1.34 bits per heavy atom. The zero-order chi connectivity index (χ0) is 24.8. The van der Waals surface area contributed by atoms with E-state index in [0.29, 0.717) is 0 Å². The van der Waals surface area contributed by atoms with Crippen molar-refractivity contribution in [1.29, 1.82) is 0 Å². The first-order valence-electron chi connectivity index (χ1n) is 12.7. The summed E-state index contributed by atoms with van der Waals surface area (Å²) in [5.74, 6) is 6.41. The molecule has 0 fully saturated rings. The monoisotopic (exact) mass is 528 g/mol. The van der Waals surface area contributed by atoms with Gasteiger partial charge in [0.2, 0.25) is 0 Å². The van der Waals surface area contributed by atoms with E-state index in [-0.39, 0.29) is 23.9 Å². The number of benzene rings is 4. The minimum Gasteiger partial charge on any atom is -0.487 e. The molecule has 0 bridgehead atoms. The molecule has 0 aromatic heterocycles. The van der Waals surface area contributed by atoms with Crippen molar-refractivity contribution in [3.05, 3.63) is 103 Å². The molecule has 180 valence electrons. The summed E-state index contributed by atoms with van der Waals surface area (Å²) in [5.41, 5.74) is 3.41. The van der Waals surface area contributed by atoms with Crippen LogP contribution in [0.3, 0.4) is 0 Å². The van der Waals surface area contributed by atoms with Crippen molar-refractivity contribution in [2.45, 2.75) is 21.7 Å². The van der Waals surface area contributed by atoms with Crippen LogP contribution >= 0.6 is 23.2 Å². The van der Waals surface area contributed by atoms with Crippen LogP contribution in [0.4, 0.5) is 0 Å². The molecule has 4 heterocycles. The summed E-state index contributed by atoms with van der Waals surface area (Å²) < 4.78 is 26.0. The largest absolute Gasteiger partial charge is 0.487 e. The number of para-hydroxylation sites is 2. The lowest BCUT2D eigenvalue weighted by Gasteiger charge is -2.38. The van der Waals surface area contributed by atoms with E-state index in [9.17, 15) is 0 Å². The second-order valence-electron chi connectivity index (χ2n) is 9.89. The van der Waals surface area contributed by atoms with Crippen LogP contribution in [0.15, 0.2) is 113 Å². The molecule has 0 radical (unpaired) electrons. The van der Waals surface area contributed by atoms with Crippen molar-refractivity contribution in [3.63, 3.8) is 0 Å². The molecular formula is C30H18B2O4S2. The van der Waals surface area contributed by atoms with Crippen LogP contribution < -0.4 is 35.3 Å². The topological polar surface area (TPSA) is 36.9 Å². The number of rotatable bonds is 0. The first kappa shape index (κ1) is 21.3. The molecule has 0 amide bonds. The standard InChI is InChI=1S/C30H18B2O4S2/c1-3-13-27-19(7-1)33-21-9-5-11-23-29(21)31(37-27)17-15-18-26(16-25(17)35-23)36-24-12-6-10-22-30(24)32(18)38-28-14-4-2-8-20(28)34-22/h1-16,23,29H. The molecule has 0 saturated heterocycles. The maximum atomic E-state index is 6.64. The van der Waals surface area contributed by atoms with E-state index in [4.69, 9.17) is 18.9 Å². The summed E-state index contributed by atoms with van der Waals surface area (Å²) in [6.45, 7) is 0. The van der Waals surface area contributed by atoms with E-state index in [1.54, 1.807) is 0 Å². The molecule has 4 nitrogen and oxygen atoms in total. The molecule has 4 aliphatic heterocycles. The highest BCUT2D eigenvalue weighted by Gasteiger charge is 2.48. The van der Waals surface area contributed by atoms with Crippen LogP contribution in [-0.4, -0.2) is 18.1 Å². The van der Waals surface area contributed by atoms with Gasteiger partial charge in [0.25, 0.3) is 12.0 Å². The van der Waals surface area contributed by atoms with Crippen molar-refractivity contribution in [2.24, 2.45) is 0 Å². The lowest BCUT2D eigenvalue weighted by atomic mass is 9.50. The molecular weight excluding hydrogens is 510 g/mol. The Labute approximate surface area is 229 Å². The number of fused-ring (bicyclic) bond motifs is 6. The fraction of sp³-hybridized carbons (Fsp3) is 0.0667. The molecule has 8 heteroatoms. The van der Waals surface area contributed by atoms with Crippen LogP contribution in [0.2, 0.25) is 5.82 Å². The van der Waals surface area contributed by atoms with E-state index in [1.165, 1.54) is 5.46 Å². The van der Waals surface area contributed by atoms with E-state index < -0.39 is 0 Å². The van der Waals surface area contributed by atoms with Crippen molar-refractivity contribution in [1.82, 2.24) is 0 Å². The molecule has 5 aliphatic rings. The first-order chi connectivity index (χ1) is 18.8. The molecule has 0 saturated carbocycles. The summed E-state index contributed by atoms with van der Waals surface area (Å²) in [6.07, 6.45) is 6.18. The summed E-state index contributed by atoms with van der Waals surface area (Å²) in [7, 11) is 0. The van der Waals surface area contributed by atoms with Gasteiger partial charge in [0.15, 0.2) is 0 Å². The predicted molar refractivity (Wildman–Crippen MR) is 154 cm³/mol. The quantitative estimate of drug-likeness (QED) is 0.270. The molecule has 0 N–H and O–H groups in total. The third-order valence-electron chi connectivity index (χ3n) is 7.72. The summed E-state index contributed by atoms with van der Waals surface area (Å²) in [5, 5.41) is 0. The van der Waals surface area contributed by atoms with Crippen LogP contribution in [0.5, 0.6) is 34.5 Å². The Morgan fingerprint density at radius 1 is 0.632 bits per heavy atom. The van der Waals surface area contributed by atoms with Gasteiger partial charge < -0.3 is 18.9 Å². The Morgan fingerprint density at radius 3 is 2.18 bits per heavy atom. The van der Waals surface area contributed by atoms with Gasteiger partial charge in [-0.25, -0.2) is 0 Å². The third kappa shape index (κ3) is 3.04. The highest BCUT2D eigenvalue weighted by Crippen LogP contribution is 2.50. The van der Waals surface area contributed by atoms with Crippen molar-refractivity contribution in [2.75, 3.05) is 0 Å². The number of hydrogen-bond donors (Lipinski definition) is 0. The maximum Gasteiger partial charge on any atom is 0.293 e. The molecule has 4 aromatic rings. The van der Waals surface area contributed by atoms with Gasteiger partial charge >= 0.3 is 0 Å². The van der Waals surface area contributed by atoms with E-state index in [2.05, 4.69) is 48.6 Å². The molecule has 1 aliphatic carbocycles. The second-order valence-corrected chi connectivity index (χ2v) is 12.2. The zero-order valence-corrected chi connectivity index (χ0v) is 21.6. The lowest BCUT2D eigenvalue weighted by molar-refractivity contribution is 0.221. The predicted octanol–water partition coefficient (Wildman–Crippen LogP) is 5.76. The molecule has 38 heavy (non-hydrogen) atoms. The second kappa shape index (κ2) is 7.95. The third-order valence-corrected chi connectivity index (χ3v) is 10.4. The van der Waals surface area contributed by atoms with Crippen LogP contribution in [0.25, 0.3) is 0 Å². The van der Waals surface area contributed by atoms with Crippen molar-refractivity contribution in [3.8, 4) is 34.5 Å². The van der Waals surface area contributed by atoms with Gasteiger partial charge in [-0.2, -0.15) is 23.2 Å².